The Bertz CT molecular complexity index is 436. The maximum absolute atomic E-state index is 11.8. The van der Waals surface area contributed by atoms with Gasteiger partial charge >= 0.3 is 6.03 Å². The first kappa shape index (κ1) is 16.9. The van der Waals surface area contributed by atoms with Crippen molar-refractivity contribution in [2.24, 2.45) is 5.41 Å². The average molecular weight is 296 g/mol. The lowest BCUT2D eigenvalue weighted by Crippen LogP contribution is -2.30. The number of aliphatic hydroxyl groups excluding tert-OH is 1. The number of hydrogen-bond acceptors (Lipinski definition) is 3. The predicted molar refractivity (Wildman–Crippen MR) is 85.3 cm³/mol. The van der Waals surface area contributed by atoms with E-state index in [0.29, 0.717) is 6.54 Å². The number of aliphatic hydroxyl groups is 1. The lowest BCUT2D eigenvalue weighted by Gasteiger charge is -2.21. The van der Waals surface area contributed by atoms with Gasteiger partial charge in [-0.1, -0.05) is 26.0 Å². The Hall–Kier alpha value is -1.20. The molecule has 112 valence electrons. The molecular weight excluding hydrogens is 272 g/mol. The summed E-state index contributed by atoms with van der Waals surface area (Å²) >= 11 is 1.60. The second kappa shape index (κ2) is 8.17. The fraction of sp³-hybridized carbons (Fsp3) is 0.533. The molecule has 0 aliphatic rings. The van der Waals surface area contributed by atoms with Gasteiger partial charge in [0, 0.05) is 18.0 Å². The van der Waals surface area contributed by atoms with Gasteiger partial charge in [0.1, 0.15) is 0 Å². The van der Waals surface area contributed by atoms with Crippen LogP contribution in [0.2, 0.25) is 0 Å². The molecule has 1 aromatic carbocycles. The fourth-order valence-electron chi connectivity index (χ4n) is 1.76. The molecule has 0 aliphatic carbocycles. The summed E-state index contributed by atoms with van der Waals surface area (Å²) in [4.78, 5) is 12.8. The molecule has 0 heterocycles. The number of rotatable bonds is 7. The average Bonchev–Trinajstić information content (AvgIpc) is 2.44. The quantitative estimate of drug-likeness (QED) is 0.534. The third kappa shape index (κ3) is 5.84. The van der Waals surface area contributed by atoms with Crippen LogP contribution in [-0.4, -0.2) is 30.5 Å². The zero-order valence-corrected chi connectivity index (χ0v) is 13.2. The number of para-hydroxylation sites is 1. The topological polar surface area (TPSA) is 61.4 Å². The van der Waals surface area contributed by atoms with E-state index in [0.717, 1.165) is 23.4 Å². The molecule has 1 rings (SSSR count). The Morgan fingerprint density at radius 3 is 2.70 bits per heavy atom. The maximum atomic E-state index is 11.8. The molecule has 3 N–H and O–H groups in total. The molecule has 2 amide bonds. The Balaban J connectivity index is 2.34. The van der Waals surface area contributed by atoms with Crippen molar-refractivity contribution in [3.8, 4) is 0 Å². The van der Waals surface area contributed by atoms with Crippen molar-refractivity contribution in [1.82, 2.24) is 5.32 Å². The van der Waals surface area contributed by atoms with E-state index < -0.39 is 0 Å². The van der Waals surface area contributed by atoms with Crippen molar-refractivity contribution in [2.75, 3.05) is 24.7 Å². The number of hydrogen-bond donors (Lipinski definition) is 3. The summed E-state index contributed by atoms with van der Waals surface area (Å²) in [5.74, 6) is 0. The summed E-state index contributed by atoms with van der Waals surface area (Å²) in [6, 6.07) is 7.53. The van der Waals surface area contributed by atoms with Crippen LogP contribution in [0, 0.1) is 5.41 Å². The molecule has 0 fully saturated rings. The number of carbonyl (C=O) groups is 1. The van der Waals surface area contributed by atoms with Gasteiger partial charge in [-0.05, 0) is 36.6 Å². The number of amides is 2. The lowest BCUT2D eigenvalue weighted by molar-refractivity contribution is 0.148. The SMILES string of the molecule is CSc1ccccc1NC(=O)NCCCC(C)(C)CO. The fourth-order valence-corrected chi connectivity index (χ4v) is 2.32. The van der Waals surface area contributed by atoms with Crippen LogP contribution in [0.1, 0.15) is 26.7 Å². The smallest absolute Gasteiger partial charge is 0.319 e. The standard InChI is InChI=1S/C15H24N2O2S/c1-15(2,11-18)9-6-10-16-14(19)17-12-7-4-5-8-13(12)20-3/h4-5,7-8,18H,6,9-11H2,1-3H3,(H2,16,17,19). The van der Waals surface area contributed by atoms with E-state index in [1.165, 1.54) is 0 Å². The second-order valence-electron chi connectivity index (χ2n) is 5.51. The summed E-state index contributed by atoms with van der Waals surface area (Å²) in [5.41, 5.74) is 0.747. The Kier molecular flexibility index (Phi) is 6.88. The summed E-state index contributed by atoms with van der Waals surface area (Å²) in [6.07, 6.45) is 3.71. The summed E-state index contributed by atoms with van der Waals surface area (Å²) in [5, 5.41) is 14.8. The van der Waals surface area contributed by atoms with Crippen molar-refractivity contribution < 1.29 is 9.90 Å². The zero-order valence-electron chi connectivity index (χ0n) is 12.4. The summed E-state index contributed by atoms with van der Waals surface area (Å²) in [7, 11) is 0. The van der Waals surface area contributed by atoms with Crippen LogP contribution in [0.15, 0.2) is 29.2 Å². The molecule has 1 aromatic rings. The maximum Gasteiger partial charge on any atom is 0.319 e. The molecule has 20 heavy (non-hydrogen) atoms. The highest BCUT2D eigenvalue weighted by molar-refractivity contribution is 7.98. The van der Waals surface area contributed by atoms with E-state index >= 15 is 0 Å². The summed E-state index contributed by atoms with van der Waals surface area (Å²) < 4.78 is 0. The lowest BCUT2D eigenvalue weighted by atomic mass is 9.89. The molecule has 0 aliphatic heterocycles. The third-order valence-corrected chi connectivity index (χ3v) is 3.89. The van der Waals surface area contributed by atoms with Gasteiger partial charge in [-0.25, -0.2) is 4.79 Å². The number of urea groups is 1. The Morgan fingerprint density at radius 2 is 2.05 bits per heavy atom. The molecule has 5 heteroatoms. The van der Waals surface area contributed by atoms with Gasteiger partial charge in [0.25, 0.3) is 0 Å². The number of carbonyl (C=O) groups excluding carboxylic acids is 1. The van der Waals surface area contributed by atoms with Crippen LogP contribution in [0.25, 0.3) is 0 Å². The van der Waals surface area contributed by atoms with Crippen LogP contribution in [0.5, 0.6) is 0 Å². The van der Waals surface area contributed by atoms with Gasteiger partial charge in [-0.15, -0.1) is 11.8 Å². The van der Waals surface area contributed by atoms with Crippen LogP contribution >= 0.6 is 11.8 Å². The van der Waals surface area contributed by atoms with Crippen molar-refractivity contribution in [1.29, 1.82) is 0 Å². The number of anilines is 1. The van der Waals surface area contributed by atoms with Crippen molar-refractivity contribution in [2.45, 2.75) is 31.6 Å². The second-order valence-corrected chi connectivity index (χ2v) is 6.36. The first-order valence-electron chi connectivity index (χ1n) is 6.77. The van der Waals surface area contributed by atoms with Crippen molar-refractivity contribution in [3.63, 3.8) is 0 Å². The van der Waals surface area contributed by atoms with E-state index in [-0.39, 0.29) is 18.1 Å². The number of nitrogens with one attached hydrogen (secondary N) is 2. The van der Waals surface area contributed by atoms with Gasteiger partial charge in [-0.3, -0.25) is 0 Å². The highest BCUT2D eigenvalue weighted by atomic mass is 32.2. The van der Waals surface area contributed by atoms with Gasteiger partial charge in [0.05, 0.1) is 5.69 Å². The minimum absolute atomic E-state index is 0.0798. The molecule has 0 radical (unpaired) electrons. The normalized spacial score (nSPS) is 11.2. The molecule has 0 saturated carbocycles. The third-order valence-electron chi connectivity index (χ3n) is 3.10. The largest absolute Gasteiger partial charge is 0.396 e. The minimum Gasteiger partial charge on any atom is -0.396 e. The molecule has 0 bridgehead atoms. The predicted octanol–water partition coefficient (Wildman–Crippen LogP) is 3.33. The van der Waals surface area contributed by atoms with E-state index in [1.807, 2.05) is 44.4 Å². The van der Waals surface area contributed by atoms with E-state index in [9.17, 15) is 4.79 Å². The van der Waals surface area contributed by atoms with E-state index in [1.54, 1.807) is 11.8 Å². The van der Waals surface area contributed by atoms with Gasteiger partial charge in [0.2, 0.25) is 0 Å². The van der Waals surface area contributed by atoms with Crippen LogP contribution in [0.3, 0.4) is 0 Å². The van der Waals surface area contributed by atoms with E-state index in [4.69, 9.17) is 5.11 Å². The van der Waals surface area contributed by atoms with E-state index in [2.05, 4.69) is 10.6 Å². The molecule has 0 aromatic heterocycles. The zero-order chi connectivity index (χ0) is 15.0. The molecule has 0 atom stereocenters. The van der Waals surface area contributed by atoms with Crippen molar-refractivity contribution >= 4 is 23.5 Å². The first-order chi connectivity index (χ1) is 9.48. The molecule has 4 nitrogen and oxygen atoms in total. The van der Waals surface area contributed by atoms with Gasteiger partial charge < -0.3 is 15.7 Å². The van der Waals surface area contributed by atoms with Crippen LogP contribution in [-0.2, 0) is 0 Å². The molecular formula is C15H24N2O2S. The highest BCUT2D eigenvalue weighted by Crippen LogP contribution is 2.24. The Morgan fingerprint density at radius 1 is 1.35 bits per heavy atom. The van der Waals surface area contributed by atoms with Crippen molar-refractivity contribution in [3.05, 3.63) is 24.3 Å². The minimum atomic E-state index is -0.187. The van der Waals surface area contributed by atoms with Crippen LogP contribution in [0.4, 0.5) is 10.5 Å². The summed E-state index contributed by atoms with van der Waals surface area (Å²) in [6.45, 7) is 4.81. The molecule has 0 spiro atoms. The highest BCUT2D eigenvalue weighted by Gasteiger charge is 2.15. The Labute approximate surface area is 125 Å². The number of benzene rings is 1. The monoisotopic (exact) mass is 296 g/mol. The van der Waals surface area contributed by atoms with Gasteiger partial charge in [-0.2, -0.15) is 0 Å². The molecule has 0 saturated heterocycles. The number of thioether (sulfide) groups is 1. The van der Waals surface area contributed by atoms with Crippen LogP contribution < -0.4 is 10.6 Å². The molecule has 0 unspecified atom stereocenters. The van der Waals surface area contributed by atoms with Gasteiger partial charge in [0.15, 0.2) is 0 Å². The first-order valence-corrected chi connectivity index (χ1v) is 8.00.